The molecule has 0 aliphatic carbocycles. The molecule has 4 N–H and O–H groups in total. The first-order chi connectivity index (χ1) is 63.1. The van der Waals surface area contributed by atoms with Crippen molar-refractivity contribution in [1.82, 2.24) is 79.6 Å². The normalized spacial score (nSPS) is 14.2. The highest BCUT2D eigenvalue weighted by Crippen LogP contribution is 2.21. The van der Waals surface area contributed by atoms with Crippen LogP contribution in [0.15, 0.2) is 170 Å². The molecule has 7 amide bonds. The van der Waals surface area contributed by atoms with E-state index in [2.05, 4.69) is 100 Å². The topological polar surface area (TPSA) is 263 Å². The van der Waals surface area contributed by atoms with Crippen molar-refractivity contribution in [3.63, 3.8) is 0 Å². The Balaban J connectivity index is 0.000000799. The molecule has 28 nitrogen and oxygen atoms in total. The molecule has 5 aliphatic heterocycles. The van der Waals surface area contributed by atoms with E-state index in [1.54, 1.807) is 109 Å². The van der Waals surface area contributed by atoms with E-state index in [1.807, 2.05) is 217 Å². The summed E-state index contributed by atoms with van der Waals surface area (Å²) >= 11 is 14.2. The summed E-state index contributed by atoms with van der Waals surface area (Å²) in [5.74, 6) is -0.695. The number of nitrogens with one attached hydrogen (secondary N) is 3. The van der Waals surface area contributed by atoms with Gasteiger partial charge >= 0.3 is 24.2 Å². The monoisotopic (exact) mass is 2090 g/mol. The summed E-state index contributed by atoms with van der Waals surface area (Å²) in [6.45, 7) is 42.3. The van der Waals surface area contributed by atoms with Gasteiger partial charge in [0.05, 0.1) is 5.56 Å². The van der Waals surface area contributed by atoms with Crippen LogP contribution in [-0.2, 0) is 45.7 Å². The Morgan fingerprint density at radius 1 is 0.312 bits per heavy atom. The number of hydrogen-bond donors (Lipinski definition) is 4. The van der Waals surface area contributed by atoms with Crippen LogP contribution < -0.4 is 16.0 Å². The van der Waals surface area contributed by atoms with Gasteiger partial charge in [0.1, 0.15) is 26.8 Å². The van der Waals surface area contributed by atoms with Gasteiger partial charge in [0.15, 0.2) is 0 Å². The van der Waals surface area contributed by atoms with E-state index in [-0.39, 0.29) is 97.1 Å². The number of piperazine rings is 5. The second kappa shape index (κ2) is 64.3. The van der Waals surface area contributed by atoms with Crippen LogP contribution in [0.2, 0.25) is 0 Å². The van der Waals surface area contributed by atoms with E-state index in [9.17, 15) is 38.4 Å². The predicted molar refractivity (Wildman–Crippen MR) is 579 cm³/mol. The summed E-state index contributed by atoms with van der Waals surface area (Å²) in [5.41, 5.74) is 12.3. The molecule has 35 heteroatoms. The molecule has 12 rings (SSSR count). The lowest BCUT2D eigenvalue weighted by Crippen LogP contribution is -2.49. The van der Waals surface area contributed by atoms with Crippen LogP contribution >= 0.6 is 90.0 Å². The molecule has 5 saturated heterocycles. The summed E-state index contributed by atoms with van der Waals surface area (Å²) < 4.78 is 16.1. The molecule has 0 unspecified atom stereocenters. The fourth-order valence-electron chi connectivity index (χ4n) is 13.9. The summed E-state index contributed by atoms with van der Waals surface area (Å²) in [7, 11) is 22.0. The van der Waals surface area contributed by atoms with Crippen molar-refractivity contribution in [2.75, 3.05) is 215 Å². The first-order valence-corrected chi connectivity index (χ1v) is 47.7. The van der Waals surface area contributed by atoms with Crippen LogP contribution in [0.3, 0.4) is 0 Å². The number of carboxylic acid groups (broad SMARTS) is 1. The minimum Gasteiger partial charge on any atom is -0.478 e. The molecule has 7 aromatic rings. The van der Waals surface area contributed by atoms with Gasteiger partial charge in [0.25, 0.3) is 23.6 Å². The maximum absolute atomic E-state index is 12.1. The van der Waals surface area contributed by atoms with Gasteiger partial charge in [0, 0.05) is 280 Å². The highest BCUT2D eigenvalue weighted by molar-refractivity contribution is 9.08. The van der Waals surface area contributed by atoms with E-state index >= 15 is 0 Å². The quantitative estimate of drug-likeness (QED) is 0.0398. The first kappa shape index (κ1) is 127. The molecule has 5 fully saturated rings. The lowest BCUT2D eigenvalue weighted by molar-refractivity contribution is 0.0129. The van der Waals surface area contributed by atoms with Gasteiger partial charge in [-0.15, -0.1) is 49.6 Å². The molecule has 0 saturated carbocycles. The van der Waals surface area contributed by atoms with E-state index in [0.717, 1.165) is 196 Å². The summed E-state index contributed by atoms with van der Waals surface area (Å²) in [6, 6.07) is 54.7. The fourth-order valence-corrected chi connectivity index (χ4v) is 14.5. The molecular formula is C103H155BrCl4N16O12S2. The van der Waals surface area contributed by atoms with Crippen LogP contribution in [0.4, 0.5) is 14.4 Å². The van der Waals surface area contributed by atoms with Crippen molar-refractivity contribution in [1.29, 1.82) is 0 Å². The van der Waals surface area contributed by atoms with Crippen LogP contribution in [0.1, 0.15) is 164 Å². The average Bonchev–Trinajstić information content (AvgIpc) is 0.845. The van der Waals surface area contributed by atoms with Crippen LogP contribution in [0, 0.1) is 13.8 Å². The van der Waals surface area contributed by atoms with Crippen molar-refractivity contribution in [3.8, 4) is 0 Å². The third kappa shape index (κ3) is 49.3. The molecule has 0 atom stereocenters. The van der Waals surface area contributed by atoms with Gasteiger partial charge in [0.2, 0.25) is 0 Å². The van der Waals surface area contributed by atoms with Gasteiger partial charge < -0.3 is 79.4 Å². The average molecular weight is 2100 g/mol. The Hall–Kier alpha value is -9.16. The Bertz CT molecular complexity index is 4700. The van der Waals surface area contributed by atoms with Crippen LogP contribution in [-0.4, -0.2) is 359 Å². The Kier molecular flexibility index (Phi) is 59.1. The number of carboxylic acids is 1. The number of thiocarbonyl (C=S) groups is 2. The van der Waals surface area contributed by atoms with Gasteiger partial charge in [-0.1, -0.05) is 149 Å². The van der Waals surface area contributed by atoms with Gasteiger partial charge in [-0.25, -0.2) is 19.2 Å². The third-order valence-electron chi connectivity index (χ3n) is 20.9. The molecule has 0 radical (unpaired) electrons. The Morgan fingerprint density at radius 2 is 0.529 bits per heavy atom. The summed E-state index contributed by atoms with van der Waals surface area (Å²) in [5, 5.41) is 19.2. The number of ether oxygens (including phenoxy) is 3. The van der Waals surface area contributed by atoms with E-state index < -0.39 is 17.2 Å². The number of benzene rings is 7. The largest absolute Gasteiger partial charge is 0.478 e. The standard InChI is InChI=1S/C19H29N3O3.C19H29N3O2S.C14H21N3O.C14H21N3S.C10H12BrNO.C10H13NO.C9H18N2O2.C8H8O2.4ClH/c1-19(2,3)25-18(24)22-11-9-21(10-12-22)14-15-7-6-8-16(13-15)17(23)20(4)5;1-19(2,3)24-18(23)22-11-9-21(10-12-22)14-15-7-6-8-16(13-15)17(25)20(4)5;2*1-16(2)14(18)13-5-3-4-12(10-13)11-17-8-6-15-7-9-17;1-12(2)10(13)9-5-3-4-8(6-9)7-11;1-8-5-4-6-9(7-8)10(12)11(2)3;1-9(2,3)13-8(12)11-6-4-10-5-7-11;1-6-3-2-4-7(5-6)8(9)10;;;;/h2*6-8,13H,9-12,14H2,1-5H3;2*3-5,10,15H,6-9,11H2,1-2H3;3-6H,7H2,1-2H3;4-7H,1-3H3;10H,4-7H2,1-3H3;2-5H,1H3,(H,9,10);4*1H. The van der Waals surface area contributed by atoms with Crippen LogP contribution in [0.5, 0.6) is 0 Å². The minimum absolute atomic E-state index is 0. The lowest BCUT2D eigenvalue weighted by atomic mass is 10.1. The van der Waals surface area contributed by atoms with Crippen molar-refractivity contribution >= 4 is 148 Å². The second-order valence-corrected chi connectivity index (χ2v) is 39.0. The molecule has 5 heterocycles. The second-order valence-electron chi connectivity index (χ2n) is 37.6. The Labute approximate surface area is 866 Å². The molecule has 5 aliphatic rings. The molecule has 0 aromatic heterocycles. The predicted octanol–water partition coefficient (Wildman–Crippen LogP) is 15.7. The summed E-state index contributed by atoms with van der Waals surface area (Å²) in [6.07, 6.45) is -0.662. The number of aryl methyl sites for hydroxylation is 2. The molecule has 0 spiro atoms. The highest BCUT2D eigenvalue weighted by Gasteiger charge is 2.29. The zero-order chi connectivity index (χ0) is 99.6. The highest BCUT2D eigenvalue weighted by atomic mass is 79.9. The number of halogens is 5. The number of nitrogens with zero attached hydrogens (tertiary/aromatic N) is 13. The van der Waals surface area contributed by atoms with Gasteiger partial charge in [-0.3, -0.25) is 38.8 Å². The maximum Gasteiger partial charge on any atom is 0.410 e. The fraction of sp³-hybridized carbons (Fsp3) is 0.495. The minimum atomic E-state index is -0.872. The molecule has 0 bridgehead atoms. The van der Waals surface area contributed by atoms with Gasteiger partial charge in [-0.2, -0.15) is 0 Å². The van der Waals surface area contributed by atoms with Crippen molar-refractivity contribution in [2.24, 2.45) is 0 Å². The van der Waals surface area contributed by atoms with E-state index in [4.69, 9.17) is 43.8 Å². The van der Waals surface area contributed by atoms with Crippen molar-refractivity contribution in [2.45, 2.75) is 124 Å². The van der Waals surface area contributed by atoms with Crippen molar-refractivity contribution < 1.29 is 57.7 Å². The zero-order valence-corrected chi connectivity index (χ0v) is 91.9. The first-order valence-electron chi connectivity index (χ1n) is 45.7. The van der Waals surface area contributed by atoms with E-state index in [1.165, 1.54) is 16.7 Å². The van der Waals surface area contributed by atoms with E-state index in [0.29, 0.717) is 37.3 Å². The number of rotatable bonds is 16. The maximum atomic E-state index is 12.1. The number of hydrogen-bond acceptors (Lipinski definition) is 20. The number of carbonyl (C=O) groups is 8. The number of aromatic carboxylic acids is 1. The zero-order valence-electron chi connectivity index (χ0n) is 85.4. The molecular weight excluding hydrogens is 1940 g/mol. The number of alkyl halides is 1. The number of carbonyl (C=O) groups excluding carboxylic acids is 7. The lowest BCUT2D eigenvalue weighted by Gasteiger charge is -2.35. The Morgan fingerprint density at radius 3 is 0.775 bits per heavy atom. The van der Waals surface area contributed by atoms with Crippen LogP contribution in [0.25, 0.3) is 0 Å². The summed E-state index contributed by atoms with van der Waals surface area (Å²) in [4.78, 5) is 120. The SMILES string of the molecule is CC(C)(C)OC(=O)N1CCNCC1.CN(C)C(=O)c1cccc(CBr)c1.CN(C)C(=O)c1cccc(CN2CCN(C(=O)OC(C)(C)C)CC2)c1.CN(C)C(=O)c1cccc(CN2CCNCC2)c1.CN(C)C(=S)c1cccc(CN2CCN(C(=O)OC(C)(C)C)CC2)c1.CN(C)C(=S)c1cccc(CN2CCNCC2)c1.Cc1cccc(C(=O)N(C)C)c1.Cc1cccc(C(=O)O)c1.Cl.Cl.Cl.Cl. The molecule has 766 valence electrons. The smallest absolute Gasteiger partial charge is 0.410 e. The molecule has 138 heavy (non-hydrogen) atoms. The van der Waals surface area contributed by atoms with Crippen molar-refractivity contribution in [3.05, 3.63) is 248 Å². The number of amides is 7. The molecule has 7 aromatic carbocycles. The van der Waals surface area contributed by atoms with Gasteiger partial charge in [-0.05, 0) is 177 Å². The third-order valence-corrected chi connectivity index (χ3v) is 22.7.